The second-order valence-electron chi connectivity index (χ2n) is 4.62. The highest BCUT2D eigenvalue weighted by atomic mass is 79.9. The number of hydrogen-bond acceptors (Lipinski definition) is 1. The number of aryl methyl sites for hydroxylation is 1. The Kier molecular flexibility index (Phi) is 2.76. The number of rotatable bonds is 1. The van der Waals surface area contributed by atoms with Crippen molar-refractivity contribution >= 4 is 15.9 Å². The van der Waals surface area contributed by atoms with E-state index >= 15 is 0 Å². The van der Waals surface area contributed by atoms with Crippen LogP contribution in [0.3, 0.4) is 0 Å². The van der Waals surface area contributed by atoms with Gasteiger partial charge in [0.25, 0.3) is 0 Å². The maximum absolute atomic E-state index is 14.2. The predicted molar refractivity (Wildman–Crippen MR) is 71.9 cm³/mol. The van der Waals surface area contributed by atoms with Gasteiger partial charge in [0.05, 0.1) is 4.47 Å². The maximum Gasteiger partial charge on any atom is 0.143 e. The van der Waals surface area contributed by atoms with Gasteiger partial charge in [-0.25, -0.2) is 4.39 Å². The molecule has 0 radical (unpaired) electrons. The summed E-state index contributed by atoms with van der Waals surface area (Å²) in [5, 5.41) is 10.9. The first-order valence-corrected chi connectivity index (χ1v) is 6.67. The molecule has 1 aliphatic rings. The predicted octanol–water partition coefficient (Wildman–Crippen LogP) is 3.77. The van der Waals surface area contributed by atoms with E-state index in [0.29, 0.717) is 16.5 Å². The van der Waals surface area contributed by atoms with E-state index in [-0.39, 0.29) is 5.82 Å². The fourth-order valence-electron chi connectivity index (χ4n) is 2.69. The highest BCUT2D eigenvalue weighted by Gasteiger charge is 2.40. The highest BCUT2D eigenvalue weighted by molar-refractivity contribution is 9.10. The lowest BCUT2D eigenvalue weighted by Gasteiger charge is -2.25. The zero-order valence-electron chi connectivity index (χ0n) is 9.66. The SMILES string of the molecule is OC1(c2cccc(Br)c2F)CCc2ccccc21. The van der Waals surface area contributed by atoms with Crippen LogP contribution in [-0.4, -0.2) is 5.11 Å². The third-order valence-corrected chi connectivity index (χ3v) is 4.23. The van der Waals surface area contributed by atoms with Crippen LogP contribution in [0, 0.1) is 5.82 Å². The number of benzene rings is 2. The summed E-state index contributed by atoms with van der Waals surface area (Å²) in [6.45, 7) is 0. The molecule has 1 atom stereocenters. The largest absolute Gasteiger partial charge is 0.380 e. The highest BCUT2D eigenvalue weighted by Crippen LogP contribution is 2.43. The van der Waals surface area contributed by atoms with Crippen LogP contribution >= 0.6 is 15.9 Å². The Bertz CT molecular complexity index is 611. The second kappa shape index (κ2) is 4.18. The summed E-state index contributed by atoms with van der Waals surface area (Å²) in [5.41, 5.74) is 1.06. The van der Waals surface area contributed by atoms with Gasteiger partial charge in [-0.05, 0) is 46.0 Å². The lowest BCUT2D eigenvalue weighted by Crippen LogP contribution is -2.25. The number of halogens is 2. The summed E-state index contributed by atoms with van der Waals surface area (Å²) in [5.74, 6) is -0.378. The van der Waals surface area contributed by atoms with E-state index in [0.717, 1.165) is 17.5 Å². The van der Waals surface area contributed by atoms with Crippen molar-refractivity contribution in [2.45, 2.75) is 18.4 Å². The fraction of sp³-hybridized carbons (Fsp3) is 0.200. The maximum atomic E-state index is 14.2. The quantitative estimate of drug-likeness (QED) is 0.850. The Labute approximate surface area is 113 Å². The van der Waals surface area contributed by atoms with Gasteiger partial charge in [0, 0.05) is 5.56 Å². The average Bonchev–Trinajstić information content (AvgIpc) is 2.72. The van der Waals surface area contributed by atoms with E-state index in [9.17, 15) is 9.50 Å². The lowest BCUT2D eigenvalue weighted by atomic mass is 9.87. The molecular weight excluding hydrogens is 295 g/mol. The van der Waals surface area contributed by atoms with Crippen LogP contribution in [0.5, 0.6) is 0 Å². The van der Waals surface area contributed by atoms with Gasteiger partial charge in [-0.15, -0.1) is 0 Å². The van der Waals surface area contributed by atoms with Crippen molar-refractivity contribution in [3.8, 4) is 0 Å². The Morgan fingerprint density at radius 1 is 1.06 bits per heavy atom. The second-order valence-corrected chi connectivity index (χ2v) is 5.47. The number of hydrogen-bond donors (Lipinski definition) is 1. The minimum absolute atomic E-state index is 0.349. The molecule has 0 aliphatic heterocycles. The summed E-state index contributed by atoms with van der Waals surface area (Å²) in [6, 6.07) is 12.7. The number of fused-ring (bicyclic) bond motifs is 1. The van der Waals surface area contributed by atoms with Crippen molar-refractivity contribution in [1.82, 2.24) is 0 Å². The molecule has 3 rings (SSSR count). The van der Waals surface area contributed by atoms with Gasteiger partial charge in [0.1, 0.15) is 11.4 Å². The molecule has 0 saturated carbocycles. The van der Waals surface area contributed by atoms with Crippen LogP contribution in [0.25, 0.3) is 0 Å². The van der Waals surface area contributed by atoms with Crippen LogP contribution in [-0.2, 0) is 12.0 Å². The molecule has 0 heterocycles. The summed E-state index contributed by atoms with van der Waals surface area (Å²) in [6.07, 6.45) is 1.30. The Morgan fingerprint density at radius 3 is 2.61 bits per heavy atom. The molecule has 92 valence electrons. The summed E-state index contributed by atoms with van der Waals surface area (Å²) in [7, 11) is 0. The van der Waals surface area contributed by atoms with E-state index in [1.54, 1.807) is 18.2 Å². The van der Waals surface area contributed by atoms with Crippen LogP contribution < -0.4 is 0 Å². The molecule has 1 unspecified atom stereocenters. The van der Waals surface area contributed by atoms with Gasteiger partial charge in [0.2, 0.25) is 0 Å². The van der Waals surface area contributed by atoms with Crippen LogP contribution in [0.2, 0.25) is 0 Å². The smallest absolute Gasteiger partial charge is 0.143 e. The lowest BCUT2D eigenvalue weighted by molar-refractivity contribution is 0.0788. The van der Waals surface area contributed by atoms with Gasteiger partial charge in [-0.2, -0.15) is 0 Å². The van der Waals surface area contributed by atoms with E-state index in [2.05, 4.69) is 15.9 Å². The first-order valence-electron chi connectivity index (χ1n) is 5.88. The molecular formula is C15H12BrFO. The van der Waals surface area contributed by atoms with E-state index in [1.807, 2.05) is 24.3 Å². The first-order chi connectivity index (χ1) is 8.63. The van der Waals surface area contributed by atoms with Crippen LogP contribution in [0.1, 0.15) is 23.1 Å². The molecule has 0 saturated heterocycles. The third kappa shape index (κ3) is 1.62. The first kappa shape index (κ1) is 11.9. The molecule has 1 aliphatic carbocycles. The molecule has 0 bridgehead atoms. The molecule has 1 N–H and O–H groups in total. The molecule has 2 aromatic carbocycles. The molecule has 1 nitrogen and oxygen atoms in total. The molecule has 0 spiro atoms. The Balaban J connectivity index is 2.21. The Hall–Kier alpha value is -1.19. The van der Waals surface area contributed by atoms with Gasteiger partial charge in [-0.3, -0.25) is 0 Å². The van der Waals surface area contributed by atoms with Crippen LogP contribution in [0.4, 0.5) is 4.39 Å². The topological polar surface area (TPSA) is 20.2 Å². The molecule has 2 aromatic rings. The van der Waals surface area contributed by atoms with Gasteiger partial charge in [-0.1, -0.05) is 36.4 Å². The molecule has 0 aromatic heterocycles. The summed E-state index contributed by atoms with van der Waals surface area (Å²) < 4.78 is 14.6. The molecule has 0 amide bonds. The average molecular weight is 307 g/mol. The van der Waals surface area contributed by atoms with Crippen molar-refractivity contribution in [1.29, 1.82) is 0 Å². The van der Waals surface area contributed by atoms with E-state index in [1.165, 1.54) is 0 Å². The molecule has 0 fully saturated rings. The zero-order chi connectivity index (χ0) is 12.8. The van der Waals surface area contributed by atoms with Crippen LogP contribution in [0.15, 0.2) is 46.9 Å². The monoisotopic (exact) mass is 306 g/mol. The Morgan fingerprint density at radius 2 is 1.78 bits per heavy atom. The summed E-state index contributed by atoms with van der Waals surface area (Å²) in [4.78, 5) is 0. The zero-order valence-corrected chi connectivity index (χ0v) is 11.2. The summed E-state index contributed by atoms with van der Waals surface area (Å²) >= 11 is 3.17. The normalized spacial score (nSPS) is 21.9. The van der Waals surface area contributed by atoms with Crippen molar-refractivity contribution in [3.05, 3.63) is 69.4 Å². The number of aliphatic hydroxyl groups is 1. The molecule has 3 heteroatoms. The third-order valence-electron chi connectivity index (χ3n) is 3.62. The van der Waals surface area contributed by atoms with Gasteiger partial charge in [0.15, 0.2) is 0 Å². The van der Waals surface area contributed by atoms with Gasteiger partial charge >= 0.3 is 0 Å². The molecule has 18 heavy (non-hydrogen) atoms. The standard InChI is InChI=1S/C15H12BrFO/c16-13-7-3-6-12(14(13)17)15(18)9-8-10-4-1-2-5-11(10)15/h1-7,18H,8-9H2. The minimum Gasteiger partial charge on any atom is -0.380 e. The van der Waals surface area contributed by atoms with E-state index < -0.39 is 5.60 Å². The fourth-order valence-corrected chi connectivity index (χ4v) is 3.06. The van der Waals surface area contributed by atoms with Crippen molar-refractivity contribution in [2.24, 2.45) is 0 Å². The minimum atomic E-state index is -1.20. The van der Waals surface area contributed by atoms with E-state index in [4.69, 9.17) is 0 Å². The van der Waals surface area contributed by atoms with Crippen molar-refractivity contribution < 1.29 is 9.50 Å². The van der Waals surface area contributed by atoms with Crippen molar-refractivity contribution in [2.75, 3.05) is 0 Å². The van der Waals surface area contributed by atoms with Gasteiger partial charge < -0.3 is 5.11 Å². The van der Waals surface area contributed by atoms with Crippen molar-refractivity contribution in [3.63, 3.8) is 0 Å².